The van der Waals surface area contributed by atoms with Gasteiger partial charge in [-0.2, -0.15) is 0 Å². The Morgan fingerprint density at radius 3 is 2.93 bits per heavy atom. The molecule has 4 nitrogen and oxygen atoms in total. The third-order valence-electron chi connectivity index (χ3n) is 2.96. The summed E-state index contributed by atoms with van der Waals surface area (Å²) < 4.78 is 2.04. The van der Waals surface area contributed by atoms with Crippen molar-refractivity contribution >= 4 is 0 Å². The van der Waals surface area contributed by atoms with Gasteiger partial charge in [0.05, 0.1) is 12.9 Å². The summed E-state index contributed by atoms with van der Waals surface area (Å²) in [6.07, 6.45) is 8.98. The molecule has 15 heavy (non-hydrogen) atoms. The highest BCUT2D eigenvalue weighted by Crippen LogP contribution is 2.24. The third-order valence-corrected chi connectivity index (χ3v) is 2.96. The van der Waals surface area contributed by atoms with E-state index in [0.717, 1.165) is 13.0 Å². The number of hydrogen-bond donors (Lipinski definition) is 2. The number of nitrogens with zero attached hydrogens (tertiary/aromatic N) is 2. The van der Waals surface area contributed by atoms with Crippen LogP contribution >= 0.6 is 0 Å². The zero-order chi connectivity index (χ0) is 10.7. The maximum Gasteiger partial charge on any atom is 0.0945 e. The van der Waals surface area contributed by atoms with Crippen LogP contribution in [0, 0.1) is 0 Å². The molecule has 4 heteroatoms. The van der Waals surface area contributed by atoms with Gasteiger partial charge in [0, 0.05) is 30.5 Å². The molecule has 2 rings (SSSR count). The molecule has 0 saturated heterocycles. The number of nitrogens with one attached hydrogen (secondary N) is 1. The van der Waals surface area contributed by atoms with E-state index >= 15 is 0 Å². The number of aryl methyl sites for hydroxylation is 1. The second kappa shape index (κ2) is 4.33. The maximum atomic E-state index is 9.40. The topological polar surface area (TPSA) is 50.1 Å². The van der Waals surface area contributed by atoms with Gasteiger partial charge in [-0.3, -0.25) is 0 Å². The minimum atomic E-state index is -0.147. The molecular formula is C11H19N3O. The van der Waals surface area contributed by atoms with E-state index in [2.05, 4.69) is 17.2 Å². The SMILES string of the molecule is CC(CO)(CCn1ccnc1)NC1CC1. The highest BCUT2D eigenvalue weighted by Gasteiger charge is 2.31. The molecule has 84 valence electrons. The molecule has 1 fully saturated rings. The lowest BCUT2D eigenvalue weighted by Crippen LogP contribution is -2.47. The zero-order valence-electron chi connectivity index (χ0n) is 9.19. The molecule has 1 heterocycles. The van der Waals surface area contributed by atoms with Gasteiger partial charge in [0.15, 0.2) is 0 Å². The van der Waals surface area contributed by atoms with E-state index in [1.165, 1.54) is 12.8 Å². The molecule has 1 aliphatic rings. The summed E-state index contributed by atoms with van der Waals surface area (Å²) >= 11 is 0. The number of hydrogen-bond acceptors (Lipinski definition) is 3. The predicted molar refractivity (Wildman–Crippen MR) is 58.5 cm³/mol. The molecule has 0 aromatic carbocycles. The Morgan fingerprint density at radius 2 is 2.40 bits per heavy atom. The Hall–Kier alpha value is -0.870. The smallest absolute Gasteiger partial charge is 0.0945 e. The summed E-state index contributed by atoms with van der Waals surface area (Å²) in [7, 11) is 0. The summed E-state index contributed by atoms with van der Waals surface area (Å²) in [4.78, 5) is 4.00. The quantitative estimate of drug-likeness (QED) is 0.728. The van der Waals surface area contributed by atoms with Crippen LogP contribution in [0.5, 0.6) is 0 Å². The van der Waals surface area contributed by atoms with Gasteiger partial charge < -0.3 is 15.0 Å². The van der Waals surface area contributed by atoms with Crippen LogP contribution in [0.3, 0.4) is 0 Å². The molecule has 0 aliphatic heterocycles. The second-order valence-corrected chi connectivity index (χ2v) is 4.69. The number of aliphatic hydroxyl groups excluding tert-OH is 1. The molecular weight excluding hydrogens is 190 g/mol. The van der Waals surface area contributed by atoms with E-state index < -0.39 is 0 Å². The van der Waals surface area contributed by atoms with Gasteiger partial charge in [-0.1, -0.05) is 0 Å². The average Bonchev–Trinajstić information content (AvgIpc) is 2.88. The van der Waals surface area contributed by atoms with Crippen molar-refractivity contribution in [3.8, 4) is 0 Å². The van der Waals surface area contributed by atoms with Crippen molar-refractivity contribution in [2.75, 3.05) is 6.61 Å². The molecule has 1 aromatic rings. The minimum absolute atomic E-state index is 0.147. The van der Waals surface area contributed by atoms with Gasteiger partial charge in [-0.25, -0.2) is 4.98 Å². The molecule has 1 unspecified atom stereocenters. The molecule has 0 spiro atoms. The van der Waals surface area contributed by atoms with E-state index in [0.29, 0.717) is 6.04 Å². The molecule has 1 aliphatic carbocycles. The monoisotopic (exact) mass is 209 g/mol. The Bertz CT molecular complexity index is 295. The number of imidazole rings is 1. The van der Waals surface area contributed by atoms with Crippen LogP contribution in [0.1, 0.15) is 26.2 Å². The lowest BCUT2D eigenvalue weighted by Gasteiger charge is -2.29. The minimum Gasteiger partial charge on any atom is -0.394 e. The van der Waals surface area contributed by atoms with E-state index in [1.807, 2.05) is 17.1 Å². The van der Waals surface area contributed by atoms with Gasteiger partial charge in [0.1, 0.15) is 0 Å². The van der Waals surface area contributed by atoms with Gasteiger partial charge in [0.2, 0.25) is 0 Å². The fourth-order valence-corrected chi connectivity index (χ4v) is 1.71. The van der Waals surface area contributed by atoms with Gasteiger partial charge in [0.25, 0.3) is 0 Å². The van der Waals surface area contributed by atoms with Crippen LogP contribution in [-0.4, -0.2) is 32.8 Å². The highest BCUT2D eigenvalue weighted by molar-refractivity contribution is 4.92. The Kier molecular flexibility index (Phi) is 3.07. The van der Waals surface area contributed by atoms with E-state index in [4.69, 9.17) is 0 Å². The van der Waals surface area contributed by atoms with Crippen LogP contribution < -0.4 is 5.32 Å². The average molecular weight is 209 g/mol. The van der Waals surface area contributed by atoms with Crippen molar-refractivity contribution in [3.05, 3.63) is 18.7 Å². The lowest BCUT2D eigenvalue weighted by atomic mass is 9.99. The fraction of sp³-hybridized carbons (Fsp3) is 0.727. The molecule has 0 bridgehead atoms. The van der Waals surface area contributed by atoms with Gasteiger partial charge in [-0.05, 0) is 26.2 Å². The van der Waals surface area contributed by atoms with Crippen molar-refractivity contribution < 1.29 is 5.11 Å². The summed E-state index contributed by atoms with van der Waals surface area (Å²) in [6.45, 7) is 3.18. The molecule has 1 aromatic heterocycles. The Labute approximate surface area is 90.3 Å². The largest absolute Gasteiger partial charge is 0.394 e. The first kappa shape index (κ1) is 10.6. The van der Waals surface area contributed by atoms with E-state index in [1.54, 1.807) is 6.20 Å². The lowest BCUT2D eigenvalue weighted by molar-refractivity contribution is 0.159. The standard InChI is InChI=1S/C11H19N3O/c1-11(8-15,13-10-2-3-10)4-6-14-7-5-12-9-14/h5,7,9-10,13,15H,2-4,6,8H2,1H3. The van der Waals surface area contributed by atoms with Gasteiger partial charge in [-0.15, -0.1) is 0 Å². The van der Waals surface area contributed by atoms with Crippen molar-refractivity contribution in [2.45, 2.75) is 44.3 Å². The summed E-state index contributed by atoms with van der Waals surface area (Å²) in [5.74, 6) is 0. The fourth-order valence-electron chi connectivity index (χ4n) is 1.71. The Balaban J connectivity index is 1.83. The number of aromatic nitrogens is 2. The van der Waals surface area contributed by atoms with Crippen LogP contribution in [0.2, 0.25) is 0 Å². The summed E-state index contributed by atoms with van der Waals surface area (Å²) in [6, 6.07) is 0.630. The highest BCUT2D eigenvalue weighted by atomic mass is 16.3. The Morgan fingerprint density at radius 1 is 1.60 bits per heavy atom. The molecule has 1 atom stereocenters. The first-order valence-electron chi connectivity index (χ1n) is 5.56. The number of rotatable bonds is 6. The zero-order valence-corrected chi connectivity index (χ0v) is 9.19. The first-order valence-corrected chi connectivity index (χ1v) is 5.56. The van der Waals surface area contributed by atoms with Crippen molar-refractivity contribution in [2.24, 2.45) is 0 Å². The van der Waals surface area contributed by atoms with E-state index in [9.17, 15) is 5.11 Å². The summed E-state index contributed by atoms with van der Waals surface area (Å²) in [5.41, 5.74) is -0.147. The van der Waals surface area contributed by atoms with Crippen LogP contribution in [0.25, 0.3) is 0 Å². The van der Waals surface area contributed by atoms with Crippen LogP contribution in [0.15, 0.2) is 18.7 Å². The maximum absolute atomic E-state index is 9.40. The normalized spacial score (nSPS) is 20.1. The van der Waals surface area contributed by atoms with E-state index in [-0.39, 0.29) is 12.1 Å². The molecule has 1 saturated carbocycles. The second-order valence-electron chi connectivity index (χ2n) is 4.69. The predicted octanol–water partition coefficient (Wildman–Crippen LogP) is 0.776. The van der Waals surface area contributed by atoms with Crippen LogP contribution in [0.4, 0.5) is 0 Å². The van der Waals surface area contributed by atoms with Crippen LogP contribution in [-0.2, 0) is 6.54 Å². The molecule has 2 N–H and O–H groups in total. The summed E-state index contributed by atoms with van der Waals surface area (Å²) in [5, 5.41) is 12.9. The third kappa shape index (κ3) is 3.04. The number of aliphatic hydroxyl groups is 1. The molecule has 0 radical (unpaired) electrons. The van der Waals surface area contributed by atoms with Crippen molar-refractivity contribution in [1.82, 2.24) is 14.9 Å². The van der Waals surface area contributed by atoms with Crippen molar-refractivity contribution in [1.29, 1.82) is 0 Å². The molecule has 0 amide bonds. The van der Waals surface area contributed by atoms with Gasteiger partial charge >= 0.3 is 0 Å². The van der Waals surface area contributed by atoms with Crippen molar-refractivity contribution in [3.63, 3.8) is 0 Å². The first-order chi connectivity index (χ1) is 7.22.